The molecule has 0 heterocycles. The number of ether oxygens (including phenoxy) is 3. The minimum absolute atomic E-state index is 0.0779. The molecule has 2 rings (SSSR count). The zero-order valence-electron chi connectivity index (χ0n) is 14.6. The smallest absolute Gasteiger partial charge is 0.266 e. The summed E-state index contributed by atoms with van der Waals surface area (Å²) in [6.07, 6.45) is 1.40. The highest BCUT2D eigenvalue weighted by atomic mass is 16.5. The van der Waals surface area contributed by atoms with Crippen molar-refractivity contribution in [2.24, 2.45) is 0 Å². The van der Waals surface area contributed by atoms with Gasteiger partial charge in [0, 0.05) is 11.3 Å². The lowest BCUT2D eigenvalue weighted by Crippen LogP contribution is -2.13. The monoisotopic (exact) mass is 354 g/mol. The first-order chi connectivity index (χ1) is 12.5. The van der Waals surface area contributed by atoms with Gasteiger partial charge in [0.05, 0.1) is 21.3 Å². The summed E-state index contributed by atoms with van der Waals surface area (Å²) in [5.41, 5.74) is 0.819. The Bertz CT molecular complexity index is 867. The standard InChI is InChI=1S/C19H18N2O5/c1-24-16-9-4-12(17(25-2)18(16)26-3)10-13(11-20)19(23)21-14-5-7-15(22)8-6-14/h4-10,22H,1-3H3,(H,21,23)/b13-10-. The minimum atomic E-state index is -0.588. The van der Waals surface area contributed by atoms with Crippen molar-refractivity contribution in [3.8, 4) is 29.1 Å². The minimum Gasteiger partial charge on any atom is -0.508 e. The van der Waals surface area contributed by atoms with Crippen LogP contribution in [0.3, 0.4) is 0 Å². The third-order valence-electron chi connectivity index (χ3n) is 3.52. The molecule has 0 saturated carbocycles. The summed E-state index contributed by atoms with van der Waals surface area (Å²) in [6.45, 7) is 0. The molecule has 7 heteroatoms. The number of carbonyl (C=O) groups excluding carboxylic acids is 1. The molecule has 0 bridgehead atoms. The molecule has 7 nitrogen and oxygen atoms in total. The zero-order chi connectivity index (χ0) is 19.1. The second-order valence-electron chi connectivity index (χ2n) is 5.09. The van der Waals surface area contributed by atoms with Crippen LogP contribution in [0.4, 0.5) is 5.69 Å². The summed E-state index contributed by atoms with van der Waals surface area (Å²) in [5, 5.41) is 21.2. The Morgan fingerprint density at radius 2 is 1.69 bits per heavy atom. The number of nitriles is 1. The number of nitrogens with zero attached hydrogens (tertiary/aromatic N) is 1. The Labute approximate surface area is 151 Å². The van der Waals surface area contributed by atoms with E-state index in [4.69, 9.17) is 14.2 Å². The number of hydrogen-bond acceptors (Lipinski definition) is 6. The van der Waals surface area contributed by atoms with Crippen LogP contribution in [-0.4, -0.2) is 32.3 Å². The van der Waals surface area contributed by atoms with Gasteiger partial charge in [-0.1, -0.05) is 0 Å². The number of anilines is 1. The number of nitrogens with one attached hydrogen (secondary N) is 1. The van der Waals surface area contributed by atoms with Gasteiger partial charge in [0.1, 0.15) is 17.4 Å². The maximum atomic E-state index is 12.3. The molecule has 0 spiro atoms. The largest absolute Gasteiger partial charge is 0.508 e. The molecule has 0 atom stereocenters. The Kier molecular flexibility index (Phi) is 6.06. The number of phenols is 1. The van der Waals surface area contributed by atoms with E-state index in [1.165, 1.54) is 51.7 Å². The van der Waals surface area contributed by atoms with Gasteiger partial charge in [-0.3, -0.25) is 4.79 Å². The van der Waals surface area contributed by atoms with Gasteiger partial charge in [0.25, 0.3) is 5.91 Å². The van der Waals surface area contributed by atoms with Crippen molar-refractivity contribution in [3.63, 3.8) is 0 Å². The Morgan fingerprint density at radius 1 is 1.04 bits per heavy atom. The number of benzene rings is 2. The molecule has 0 aliphatic heterocycles. The van der Waals surface area contributed by atoms with E-state index in [1.54, 1.807) is 12.1 Å². The fourth-order valence-corrected chi connectivity index (χ4v) is 2.29. The molecule has 26 heavy (non-hydrogen) atoms. The summed E-state index contributed by atoms with van der Waals surface area (Å²) in [5.74, 6) is 0.662. The predicted octanol–water partition coefficient (Wildman–Crippen LogP) is 2.96. The van der Waals surface area contributed by atoms with Gasteiger partial charge >= 0.3 is 0 Å². The number of hydrogen-bond donors (Lipinski definition) is 2. The van der Waals surface area contributed by atoms with E-state index in [0.29, 0.717) is 28.5 Å². The van der Waals surface area contributed by atoms with Gasteiger partial charge < -0.3 is 24.6 Å². The molecule has 0 fully saturated rings. The maximum absolute atomic E-state index is 12.3. The van der Waals surface area contributed by atoms with E-state index in [9.17, 15) is 15.2 Å². The maximum Gasteiger partial charge on any atom is 0.266 e. The molecular formula is C19H18N2O5. The Balaban J connectivity index is 2.37. The van der Waals surface area contributed by atoms with E-state index in [-0.39, 0.29) is 11.3 Å². The highest BCUT2D eigenvalue weighted by molar-refractivity contribution is 6.09. The van der Waals surface area contributed by atoms with E-state index >= 15 is 0 Å². The third kappa shape index (κ3) is 4.05. The lowest BCUT2D eigenvalue weighted by Gasteiger charge is -2.14. The summed E-state index contributed by atoms with van der Waals surface area (Å²) in [7, 11) is 4.42. The number of aromatic hydroxyl groups is 1. The first-order valence-electron chi connectivity index (χ1n) is 7.55. The van der Waals surface area contributed by atoms with Crippen molar-refractivity contribution in [1.29, 1.82) is 5.26 Å². The average molecular weight is 354 g/mol. The summed E-state index contributed by atoms with van der Waals surface area (Å²) in [4.78, 5) is 12.3. The number of amides is 1. The lowest BCUT2D eigenvalue weighted by molar-refractivity contribution is -0.112. The van der Waals surface area contributed by atoms with E-state index in [1.807, 2.05) is 6.07 Å². The van der Waals surface area contributed by atoms with Gasteiger partial charge in [-0.05, 0) is 42.5 Å². The Hall–Kier alpha value is -3.66. The van der Waals surface area contributed by atoms with Crippen LogP contribution in [0.5, 0.6) is 23.0 Å². The van der Waals surface area contributed by atoms with Crippen molar-refractivity contribution < 1.29 is 24.1 Å². The molecule has 2 aromatic rings. The van der Waals surface area contributed by atoms with Gasteiger partial charge in [-0.25, -0.2) is 0 Å². The Morgan fingerprint density at radius 3 is 2.23 bits per heavy atom. The second-order valence-corrected chi connectivity index (χ2v) is 5.09. The van der Waals surface area contributed by atoms with Gasteiger partial charge in [0.15, 0.2) is 11.5 Å². The molecule has 1 amide bonds. The SMILES string of the molecule is COc1ccc(/C=C(/C#N)C(=O)Nc2ccc(O)cc2)c(OC)c1OC. The molecule has 2 aromatic carbocycles. The molecular weight excluding hydrogens is 336 g/mol. The summed E-state index contributed by atoms with van der Waals surface area (Å²) >= 11 is 0. The van der Waals surface area contributed by atoms with Crippen LogP contribution < -0.4 is 19.5 Å². The quantitative estimate of drug-likeness (QED) is 0.470. The molecule has 0 aliphatic carbocycles. The van der Waals surface area contributed by atoms with Crippen LogP contribution in [0.2, 0.25) is 0 Å². The number of phenolic OH excluding ortho intramolecular Hbond substituents is 1. The first-order valence-corrected chi connectivity index (χ1v) is 7.55. The number of carbonyl (C=O) groups is 1. The first kappa shape index (κ1) is 18.7. The van der Waals surface area contributed by atoms with E-state index < -0.39 is 5.91 Å². The van der Waals surface area contributed by atoms with Crippen molar-refractivity contribution in [2.75, 3.05) is 26.6 Å². The topological polar surface area (TPSA) is 101 Å². The average Bonchev–Trinajstić information content (AvgIpc) is 2.66. The highest BCUT2D eigenvalue weighted by Gasteiger charge is 2.17. The van der Waals surface area contributed by atoms with Crippen molar-refractivity contribution in [2.45, 2.75) is 0 Å². The second kappa shape index (κ2) is 8.44. The molecule has 0 unspecified atom stereocenters. The zero-order valence-corrected chi connectivity index (χ0v) is 14.6. The predicted molar refractivity (Wildman–Crippen MR) is 96.4 cm³/mol. The van der Waals surface area contributed by atoms with E-state index in [2.05, 4.69) is 5.32 Å². The van der Waals surface area contributed by atoms with Crippen LogP contribution in [0.1, 0.15) is 5.56 Å². The number of methoxy groups -OCH3 is 3. The molecule has 0 aliphatic rings. The fraction of sp³-hybridized carbons (Fsp3) is 0.158. The number of rotatable bonds is 6. The summed E-state index contributed by atoms with van der Waals surface area (Å²) < 4.78 is 15.9. The van der Waals surface area contributed by atoms with Crippen LogP contribution >= 0.6 is 0 Å². The normalized spacial score (nSPS) is 10.6. The highest BCUT2D eigenvalue weighted by Crippen LogP contribution is 2.40. The fourth-order valence-electron chi connectivity index (χ4n) is 2.29. The van der Waals surface area contributed by atoms with Crippen LogP contribution in [0, 0.1) is 11.3 Å². The summed E-state index contributed by atoms with van der Waals surface area (Å²) in [6, 6.07) is 11.1. The van der Waals surface area contributed by atoms with E-state index in [0.717, 1.165) is 0 Å². The molecule has 2 N–H and O–H groups in total. The van der Waals surface area contributed by atoms with Gasteiger partial charge in [-0.15, -0.1) is 0 Å². The third-order valence-corrected chi connectivity index (χ3v) is 3.52. The molecule has 0 saturated heterocycles. The van der Waals surface area contributed by atoms with Crippen molar-refractivity contribution in [1.82, 2.24) is 0 Å². The van der Waals surface area contributed by atoms with Crippen molar-refractivity contribution >= 4 is 17.7 Å². The molecule has 0 radical (unpaired) electrons. The molecule has 0 aromatic heterocycles. The van der Waals surface area contributed by atoms with Crippen LogP contribution in [0.25, 0.3) is 6.08 Å². The van der Waals surface area contributed by atoms with Gasteiger partial charge in [-0.2, -0.15) is 5.26 Å². The molecule has 134 valence electrons. The van der Waals surface area contributed by atoms with Crippen molar-refractivity contribution in [3.05, 3.63) is 47.5 Å². The van der Waals surface area contributed by atoms with Gasteiger partial charge in [0.2, 0.25) is 5.75 Å². The van der Waals surface area contributed by atoms with Crippen LogP contribution in [0.15, 0.2) is 42.0 Å². The lowest BCUT2D eigenvalue weighted by atomic mass is 10.1. The van der Waals surface area contributed by atoms with Crippen LogP contribution in [-0.2, 0) is 4.79 Å².